The summed E-state index contributed by atoms with van der Waals surface area (Å²) in [7, 11) is -2.28. The van der Waals surface area contributed by atoms with Gasteiger partial charge in [0.05, 0.1) is 19.6 Å². The molecule has 0 bridgehead atoms. The van der Waals surface area contributed by atoms with Crippen molar-refractivity contribution in [2.24, 2.45) is 0 Å². The van der Waals surface area contributed by atoms with Gasteiger partial charge in [0, 0.05) is 59.1 Å². The number of hydrogen-bond donors (Lipinski definition) is 1. The topological polar surface area (TPSA) is 180 Å². The maximum absolute atomic E-state index is 12.4. The average molecular weight is 617 g/mol. The van der Waals surface area contributed by atoms with Gasteiger partial charge in [-0.1, -0.05) is 33.1 Å². The molecule has 40 heavy (non-hydrogen) atoms. The van der Waals surface area contributed by atoms with E-state index in [9.17, 15) is 37.1 Å². The fourth-order valence-corrected chi connectivity index (χ4v) is 7.76. The smallest absolute Gasteiger partial charge is 0.269 e. The number of nitro groups is 2. The Morgan fingerprint density at radius 1 is 0.700 bits per heavy atom. The van der Waals surface area contributed by atoms with Gasteiger partial charge < -0.3 is 5.32 Å². The van der Waals surface area contributed by atoms with Crippen molar-refractivity contribution in [3.8, 4) is 0 Å². The Kier molecular flexibility index (Phi) is 10.3. The van der Waals surface area contributed by atoms with Crippen molar-refractivity contribution in [1.29, 1.82) is 0 Å². The molecule has 4 atom stereocenters. The van der Waals surface area contributed by atoms with Gasteiger partial charge in [-0.3, -0.25) is 20.2 Å². The number of nitro benzene ring substituents is 2. The molecule has 4 unspecified atom stereocenters. The van der Waals surface area contributed by atoms with E-state index < -0.39 is 28.9 Å². The first-order valence-corrected chi connectivity index (χ1v) is 16.4. The van der Waals surface area contributed by atoms with Gasteiger partial charge in [0.2, 0.25) is 10.0 Å². The van der Waals surface area contributed by atoms with Gasteiger partial charge in [0.25, 0.3) is 20.4 Å². The van der Waals surface area contributed by atoms with Crippen molar-refractivity contribution < 1.29 is 26.7 Å². The second-order valence-electron chi connectivity index (χ2n) is 9.86. The van der Waals surface area contributed by atoms with E-state index in [1.54, 1.807) is 4.31 Å². The van der Waals surface area contributed by atoms with E-state index in [1.807, 2.05) is 0 Å². The van der Waals surface area contributed by atoms with Crippen LogP contribution in [-0.2, 0) is 19.1 Å². The first-order chi connectivity index (χ1) is 18.4. The van der Waals surface area contributed by atoms with Crippen molar-refractivity contribution in [3.05, 3.63) is 68.8 Å². The summed E-state index contributed by atoms with van der Waals surface area (Å²) >= 11 is 0. The molecule has 12 nitrogen and oxygen atoms in total. The maximum Gasteiger partial charge on any atom is 0.269 e. The highest BCUT2D eigenvalue weighted by Crippen LogP contribution is 2.44. The molecule has 0 spiro atoms. The minimum absolute atomic E-state index is 0. The largest absolute Gasteiger partial charge is 0.308 e. The second kappa shape index (κ2) is 12.9. The van der Waals surface area contributed by atoms with Crippen LogP contribution in [0.1, 0.15) is 58.8 Å². The lowest BCUT2D eigenvalue weighted by Crippen LogP contribution is -2.15. The third-order valence-corrected chi connectivity index (χ3v) is 10.6. The molecule has 2 aromatic rings. The van der Waals surface area contributed by atoms with Gasteiger partial charge in [0.1, 0.15) is 0 Å². The van der Waals surface area contributed by atoms with E-state index in [0.717, 1.165) is 62.0 Å². The van der Waals surface area contributed by atoms with Crippen LogP contribution in [0.15, 0.2) is 58.3 Å². The number of benzene rings is 2. The summed E-state index contributed by atoms with van der Waals surface area (Å²) in [6, 6.07) is 11.6. The summed E-state index contributed by atoms with van der Waals surface area (Å²) in [4.78, 5) is 19.6. The zero-order chi connectivity index (χ0) is 28.4. The van der Waals surface area contributed by atoms with Gasteiger partial charge in [-0.2, -0.15) is 4.31 Å². The minimum Gasteiger partial charge on any atom is -0.308 e. The molecule has 15 heteroatoms. The fourth-order valence-electron chi connectivity index (χ4n) is 5.12. The van der Waals surface area contributed by atoms with Crippen molar-refractivity contribution >= 4 is 41.1 Å². The van der Waals surface area contributed by atoms with E-state index in [0.29, 0.717) is 0 Å². The molecule has 4 fully saturated rings. The number of hydrogen-bond acceptors (Lipinski definition) is 9. The summed E-state index contributed by atoms with van der Waals surface area (Å²) in [5.41, 5.74) is -0.272. The Labute approximate surface area is 238 Å². The van der Waals surface area contributed by atoms with E-state index in [-0.39, 0.29) is 40.7 Å². The molecule has 2 aliphatic carbocycles. The van der Waals surface area contributed by atoms with E-state index in [4.69, 9.17) is 10.7 Å². The highest BCUT2D eigenvalue weighted by Gasteiger charge is 2.55. The van der Waals surface area contributed by atoms with Crippen molar-refractivity contribution in [2.45, 2.75) is 92.8 Å². The van der Waals surface area contributed by atoms with Crippen LogP contribution < -0.4 is 5.32 Å². The lowest BCUT2D eigenvalue weighted by molar-refractivity contribution is -0.385. The molecular weight excluding hydrogens is 584 g/mol. The molecule has 2 saturated heterocycles. The third-order valence-electron chi connectivity index (χ3n) is 7.29. The predicted molar refractivity (Wildman–Crippen MR) is 150 cm³/mol. The number of sulfonamides is 1. The predicted octanol–water partition coefficient (Wildman–Crippen LogP) is 4.97. The lowest BCUT2D eigenvalue weighted by atomic mass is 10.0. The summed E-state index contributed by atoms with van der Waals surface area (Å²) in [5.74, 6) is 0. The average Bonchev–Trinajstić information content (AvgIpc) is 3.83. The molecule has 2 aliphatic heterocycles. The summed E-state index contributed by atoms with van der Waals surface area (Å²) in [6.45, 7) is 0. The minimum atomic E-state index is -3.80. The van der Waals surface area contributed by atoms with Crippen LogP contribution in [0.25, 0.3) is 0 Å². The van der Waals surface area contributed by atoms with Crippen molar-refractivity contribution in [1.82, 2.24) is 9.62 Å². The van der Waals surface area contributed by atoms with Crippen LogP contribution in [0.3, 0.4) is 0 Å². The van der Waals surface area contributed by atoms with Crippen molar-refractivity contribution in [3.63, 3.8) is 0 Å². The number of nitrogens with one attached hydrogen (secondary N) is 1. The maximum atomic E-state index is 12.4. The van der Waals surface area contributed by atoms with Gasteiger partial charge in [-0.15, -0.1) is 0 Å². The molecule has 6 rings (SSSR count). The molecule has 2 aromatic carbocycles. The Morgan fingerprint density at radius 2 is 1.07 bits per heavy atom. The van der Waals surface area contributed by atoms with Crippen molar-refractivity contribution in [2.75, 3.05) is 0 Å². The number of halogens is 1. The van der Waals surface area contributed by atoms with Gasteiger partial charge in [-0.05, 0) is 49.9 Å². The SMILES string of the molecule is C.C1CCC2NC2C1.O=[N+]([O-])c1ccc(S(=O)(=O)Cl)cc1.O=[N+]([O-])c1ccc(S(=O)(=O)N2C3CCCCC32)cc1. The molecule has 0 aromatic heterocycles. The first-order valence-electron chi connectivity index (χ1n) is 12.6. The number of non-ortho nitro benzene ring substituents is 2. The van der Waals surface area contributed by atoms with Crippen LogP contribution in [0.4, 0.5) is 11.4 Å². The highest BCUT2D eigenvalue weighted by molar-refractivity contribution is 8.13. The Hall–Kier alpha value is -2.65. The standard InChI is InChI=1S/C12H14N2O4S.C6H4ClNO4S.C6H11N.CH4/c15-14(16)9-5-7-10(8-6-9)19(17,18)13-11-3-1-2-4-12(11)13;7-13(11,12)6-3-1-5(2-4-6)8(9)10;1-2-4-6-5(3-1)7-6;/h5-8,11-12H,1-4H2;1-4H;5-7H,1-4H2;1H4. The molecule has 220 valence electrons. The van der Waals surface area contributed by atoms with Gasteiger partial charge >= 0.3 is 0 Å². The Balaban J connectivity index is 0.000000181. The van der Waals surface area contributed by atoms with Gasteiger partial charge in [-0.25, -0.2) is 16.8 Å². The normalized spacial score (nSPS) is 26.1. The van der Waals surface area contributed by atoms with Crippen LogP contribution in [0.2, 0.25) is 0 Å². The van der Waals surface area contributed by atoms with Crippen LogP contribution in [0.5, 0.6) is 0 Å². The molecular formula is C25H33ClN4O8S2. The third kappa shape index (κ3) is 7.75. The van der Waals surface area contributed by atoms with E-state index in [1.165, 1.54) is 49.9 Å². The highest BCUT2D eigenvalue weighted by atomic mass is 35.7. The second-order valence-corrected chi connectivity index (χ2v) is 14.3. The zero-order valence-corrected chi connectivity index (χ0v) is 23.3. The molecule has 0 amide bonds. The molecule has 2 saturated carbocycles. The molecule has 2 heterocycles. The number of nitrogens with zero attached hydrogens (tertiary/aromatic N) is 3. The number of rotatable bonds is 5. The zero-order valence-electron chi connectivity index (χ0n) is 20.9. The quantitative estimate of drug-likeness (QED) is 0.210. The van der Waals surface area contributed by atoms with Gasteiger partial charge in [0.15, 0.2) is 0 Å². The summed E-state index contributed by atoms with van der Waals surface area (Å²) < 4.78 is 47.8. The summed E-state index contributed by atoms with van der Waals surface area (Å²) in [6.07, 6.45) is 9.84. The Morgan fingerprint density at radius 3 is 1.43 bits per heavy atom. The lowest BCUT2D eigenvalue weighted by Gasteiger charge is -2.05. The molecule has 0 radical (unpaired) electrons. The van der Waals surface area contributed by atoms with E-state index in [2.05, 4.69) is 5.32 Å². The van der Waals surface area contributed by atoms with E-state index >= 15 is 0 Å². The Bertz CT molecular complexity index is 1400. The molecule has 4 aliphatic rings. The first kappa shape index (κ1) is 31.9. The number of fused-ring (bicyclic) bond motifs is 2. The van der Waals surface area contributed by atoms with Crippen LogP contribution >= 0.6 is 10.7 Å². The fraction of sp³-hybridized carbons (Fsp3) is 0.520. The molecule has 1 N–H and O–H groups in total. The summed E-state index contributed by atoms with van der Waals surface area (Å²) in [5, 5.41) is 24.2. The van der Waals surface area contributed by atoms with Crippen LogP contribution in [-0.4, -0.2) is 55.2 Å². The van der Waals surface area contributed by atoms with Crippen LogP contribution in [0, 0.1) is 20.2 Å². The monoisotopic (exact) mass is 616 g/mol.